The van der Waals surface area contributed by atoms with Crippen LogP contribution in [-0.4, -0.2) is 29.4 Å². The molecule has 0 fully saturated rings. The number of non-ortho nitro benzene ring substituents is 1. The summed E-state index contributed by atoms with van der Waals surface area (Å²) >= 11 is 0. The second-order valence-electron chi connectivity index (χ2n) is 8.52. The molecular formula is C29H29N5O2. The van der Waals surface area contributed by atoms with Crippen molar-refractivity contribution in [3.63, 3.8) is 0 Å². The topological polar surface area (TPSA) is 91.9 Å². The summed E-state index contributed by atoms with van der Waals surface area (Å²) in [6.45, 7) is 5.62. The smallest absolute Gasteiger partial charge is 0.271 e. The maximum Gasteiger partial charge on any atom is 0.271 e. The Kier molecular flexibility index (Phi) is 8.03. The zero-order valence-corrected chi connectivity index (χ0v) is 20.4. The van der Waals surface area contributed by atoms with Gasteiger partial charge in [0.25, 0.3) is 5.69 Å². The van der Waals surface area contributed by atoms with Gasteiger partial charge in [-0.15, -0.1) is 0 Å². The zero-order valence-electron chi connectivity index (χ0n) is 20.4. The standard InChI is InChI=1S/C29H29N5O2/c1-21-18-27(23-10-5-3-6-11-23)32-26-15-14-25(34(35)36)20-29(26)33-28(24-12-7-4-8-13-24)19-22(2)31-17-9-16-30-21/h3-8,10-15,18-20,30-31H,9,16-17H2,1-2H3. The van der Waals surface area contributed by atoms with Crippen LogP contribution >= 0.6 is 0 Å². The van der Waals surface area contributed by atoms with E-state index < -0.39 is 4.92 Å². The lowest BCUT2D eigenvalue weighted by molar-refractivity contribution is -0.384. The first-order valence-corrected chi connectivity index (χ1v) is 11.9. The van der Waals surface area contributed by atoms with Crippen molar-refractivity contribution in [2.45, 2.75) is 20.3 Å². The Labute approximate surface area is 211 Å². The highest BCUT2D eigenvalue weighted by atomic mass is 16.6. The predicted molar refractivity (Wildman–Crippen MR) is 147 cm³/mol. The Balaban J connectivity index is 1.97. The van der Waals surface area contributed by atoms with Crippen molar-refractivity contribution in [1.82, 2.24) is 10.6 Å². The van der Waals surface area contributed by atoms with Gasteiger partial charge in [-0.3, -0.25) is 10.1 Å². The normalized spacial score (nSPS) is 14.8. The molecule has 36 heavy (non-hydrogen) atoms. The number of benzene rings is 3. The van der Waals surface area contributed by atoms with E-state index in [2.05, 4.69) is 10.6 Å². The van der Waals surface area contributed by atoms with E-state index in [9.17, 15) is 10.1 Å². The maximum absolute atomic E-state index is 11.6. The molecule has 0 radical (unpaired) electrons. The van der Waals surface area contributed by atoms with Crippen LogP contribution in [0.2, 0.25) is 0 Å². The lowest BCUT2D eigenvalue weighted by atomic mass is 10.1. The first kappa shape index (κ1) is 24.6. The van der Waals surface area contributed by atoms with Crippen LogP contribution in [0.4, 0.5) is 17.1 Å². The molecule has 0 saturated heterocycles. The minimum absolute atomic E-state index is 0.0356. The number of allylic oxidation sites excluding steroid dienone is 4. The molecular weight excluding hydrogens is 450 g/mol. The number of hydrogen-bond acceptors (Lipinski definition) is 6. The Morgan fingerprint density at radius 3 is 1.72 bits per heavy atom. The van der Waals surface area contributed by atoms with Crippen LogP contribution in [0.5, 0.6) is 0 Å². The highest BCUT2D eigenvalue weighted by molar-refractivity contribution is 6.12. The second kappa shape index (κ2) is 11.8. The molecule has 1 aliphatic heterocycles. The van der Waals surface area contributed by atoms with Gasteiger partial charge in [-0.25, -0.2) is 9.98 Å². The number of fused-ring (bicyclic) bond motifs is 1. The molecule has 0 saturated carbocycles. The third-order valence-corrected chi connectivity index (χ3v) is 5.66. The van der Waals surface area contributed by atoms with Crippen LogP contribution in [0.15, 0.2) is 112 Å². The molecule has 0 aromatic heterocycles. The molecule has 7 nitrogen and oxygen atoms in total. The summed E-state index contributed by atoms with van der Waals surface area (Å²) in [5, 5.41) is 18.5. The van der Waals surface area contributed by atoms with Gasteiger partial charge < -0.3 is 10.6 Å². The summed E-state index contributed by atoms with van der Waals surface area (Å²) in [6, 6.07) is 24.3. The minimum atomic E-state index is -0.411. The number of nitro groups is 1. The van der Waals surface area contributed by atoms with Crippen LogP contribution in [0, 0.1) is 10.1 Å². The lowest BCUT2D eigenvalue weighted by Gasteiger charge is -2.10. The van der Waals surface area contributed by atoms with E-state index in [1.54, 1.807) is 6.07 Å². The van der Waals surface area contributed by atoms with Gasteiger partial charge in [0.1, 0.15) is 0 Å². The predicted octanol–water partition coefficient (Wildman–Crippen LogP) is 6.23. The van der Waals surface area contributed by atoms with Gasteiger partial charge in [0.05, 0.1) is 27.7 Å². The summed E-state index contributed by atoms with van der Waals surface area (Å²) in [7, 11) is 0. The average Bonchev–Trinajstić information content (AvgIpc) is 2.89. The van der Waals surface area contributed by atoms with Crippen LogP contribution in [0.3, 0.4) is 0 Å². The molecule has 0 amide bonds. The van der Waals surface area contributed by atoms with Crippen LogP contribution in [0.25, 0.3) is 0 Å². The van der Waals surface area contributed by atoms with Crippen molar-refractivity contribution >= 4 is 28.5 Å². The van der Waals surface area contributed by atoms with E-state index in [1.165, 1.54) is 12.1 Å². The summed E-state index contributed by atoms with van der Waals surface area (Å²) < 4.78 is 0. The fourth-order valence-electron chi connectivity index (χ4n) is 3.82. The molecule has 0 atom stereocenters. The first-order valence-electron chi connectivity index (χ1n) is 11.9. The van der Waals surface area contributed by atoms with Crippen LogP contribution < -0.4 is 10.6 Å². The van der Waals surface area contributed by atoms with Crippen LogP contribution in [0.1, 0.15) is 31.4 Å². The molecule has 3 aromatic rings. The maximum atomic E-state index is 11.6. The number of nitro benzene ring substituents is 1. The first-order chi connectivity index (χ1) is 17.5. The van der Waals surface area contributed by atoms with Crippen molar-refractivity contribution in [3.8, 4) is 0 Å². The lowest BCUT2D eigenvalue weighted by Crippen LogP contribution is -2.21. The number of aliphatic imine (C=N–C) groups is 2. The fourth-order valence-corrected chi connectivity index (χ4v) is 3.82. The number of rotatable bonds is 3. The Morgan fingerprint density at radius 1 is 0.722 bits per heavy atom. The molecule has 1 aliphatic rings. The molecule has 7 heteroatoms. The molecule has 2 N–H and O–H groups in total. The Morgan fingerprint density at radius 2 is 1.22 bits per heavy atom. The molecule has 0 unspecified atom stereocenters. The summed E-state index contributed by atoms with van der Waals surface area (Å²) in [6.07, 6.45) is 4.90. The molecule has 182 valence electrons. The quantitative estimate of drug-likeness (QED) is 0.344. The van der Waals surface area contributed by atoms with E-state index in [-0.39, 0.29) is 5.69 Å². The van der Waals surface area contributed by atoms with Crippen molar-refractivity contribution in [3.05, 3.63) is 124 Å². The van der Waals surface area contributed by atoms with Gasteiger partial charge >= 0.3 is 0 Å². The van der Waals surface area contributed by atoms with Crippen molar-refractivity contribution < 1.29 is 4.92 Å². The minimum Gasteiger partial charge on any atom is -0.388 e. The van der Waals surface area contributed by atoms with Gasteiger partial charge in [-0.1, -0.05) is 60.7 Å². The highest BCUT2D eigenvalue weighted by Gasteiger charge is 2.13. The zero-order chi connectivity index (χ0) is 25.3. The van der Waals surface area contributed by atoms with E-state index in [0.717, 1.165) is 47.7 Å². The Hall–Kier alpha value is -4.52. The summed E-state index contributed by atoms with van der Waals surface area (Å²) in [4.78, 5) is 21.1. The van der Waals surface area contributed by atoms with Gasteiger partial charge in [-0.2, -0.15) is 0 Å². The molecule has 0 bridgehead atoms. The van der Waals surface area contributed by atoms with Gasteiger partial charge in [0.2, 0.25) is 0 Å². The van der Waals surface area contributed by atoms with Crippen LogP contribution in [-0.2, 0) is 0 Å². The molecule has 3 aromatic carbocycles. The third-order valence-electron chi connectivity index (χ3n) is 5.66. The Bertz CT molecular complexity index is 1340. The highest BCUT2D eigenvalue weighted by Crippen LogP contribution is 2.33. The average molecular weight is 480 g/mol. The number of hydrogen-bond donors (Lipinski definition) is 2. The van der Waals surface area contributed by atoms with Crippen molar-refractivity contribution in [2.75, 3.05) is 13.1 Å². The third kappa shape index (κ3) is 6.54. The van der Waals surface area contributed by atoms with E-state index in [0.29, 0.717) is 17.1 Å². The summed E-state index contributed by atoms with van der Waals surface area (Å²) in [5.74, 6) is 0. The number of nitrogens with zero attached hydrogens (tertiary/aromatic N) is 3. The van der Waals surface area contributed by atoms with E-state index >= 15 is 0 Å². The largest absolute Gasteiger partial charge is 0.388 e. The van der Waals surface area contributed by atoms with Gasteiger partial charge in [0.15, 0.2) is 0 Å². The van der Waals surface area contributed by atoms with Gasteiger partial charge in [0, 0.05) is 47.7 Å². The van der Waals surface area contributed by atoms with E-state index in [1.807, 2.05) is 86.7 Å². The fraction of sp³-hybridized carbons (Fsp3) is 0.172. The van der Waals surface area contributed by atoms with Crippen molar-refractivity contribution in [1.29, 1.82) is 0 Å². The molecule has 1 heterocycles. The molecule has 4 rings (SSSR count). The van der Waals surface area contributed by atoms with Gasteiger partial charge in [-0.05, 0) is 38.5 Å². The number of nitrogens with one attached hydrogen (secondary N) is 2. The van der Waals surface area contributed by atoms with E-state index in [4.69, 9.17) is 9.98 Å². The molecule has 0 spiro atoms. The SMILES string of the molecule is CC1=CC(c2ccccc2)=Nc2ccc([N+](=O)[O-])cc2N=C(c2ccccc2)C=C(C)NCCCN1. The summed E-state index contributed by atoms with van der Waals surface area (Å²) in [5.41, 5.74) is 6.16. The second-order valence-corrected chi connectivity index (χ2v) is 8.52. The van der Waals surface area contributed by atoms with Crippen molar-refractivity contribution in [2.24, 2.45) is 9.98 Å². The monoisotopic (exact) mass is 479 g/mol. The molecule has 0 aliphatic carbocycles.